The summed E-state index contributed by atoms with van der Waals surface area (Å²) in [5.74, 6) is 0.915. The van der Waals surface area contributed by atoms with Crippen molar-refractivity contribution in [1.82, 2.24) is 9.55 Å². The molecule has 0 N–H and O–H groups in total. The van der Waals surface area contributed by atoms with Gasteiger partial charge >= 0.3 is 0 Å². The van der Waals surface area contributed by atoms with Crippen LogP contribution in [-0.2, 0) is 11.8 Å². The molecule has 1 fully saturated rings. The third kappa shape index (κ3) is 2.80. The van der Waals surface area contributed by atoms with E-state index in [2.05, 4.69) is 4.98 Å². The van der Waals surface area contributed by atoms with E-state index < -0.39 is 0 Å². The van der Waals surface area contributed by atoms with E-state index in [0.29, 0.717) is 18.3 Å². The number of aryl methyl sites for hydroxylation is 1. The molecular weight excluding hydrogens is 228 g/mol. The smallest absolute Gasteiger partial charge is 0.227 e. The van der Waals surface area contributed by atoms with Crippen LogP contribution in [0.4, 0.5) is 0 Å². The molecule has 1 heterocycles. The zero-order chi connectivity index (χ0) is 13.0. The number of carbonyl (C=O) groups excluding carboxylic acids is 1. The minimum absolute atomic E-state index is 0.0382. The summed E-state index contributed by atoms with van der Waals surface area (Å²) in [7, 11) is 1.85. The Morgan fingerprint density at radius 3 is 2.78 bits per heavy atom. The molecule has 18 heavy (non-hydrogen) atoms. The Hall–Kier alpha value is -1.16. The fourth-order valence-electron chi connectivity index (χ4n) is 2.77. The number of rotatable bonds is 5. The number of aromatic nitrogens is 2. The summed E-state index contributed by atoms with van der Waals surface area (Å²) in [5, 5.41) is 0. The SMILES string of the molecule is CCOC(C(=O)c1nccn1C)C1CCCCC1. The van der Waals surface area contributed by atoms with Crippen molar-refractivity contribution in [3.05, 3.63) is 18.2 Å². The summed E-state index contributed by atoms with van der Waals surface area (Å²) in [4.78, 5) is 16.7. The molecule has 1 aromatic rings. The maximum Gasteiger partial charge on any atom is 0.227 e. The van der Waals surface area contributed by atoms with Crippen molar-refractivity contribution in [2.24, 2.45) is 13.0 Å². The highest BCUT2D eigenvalue weighted by Gasteiger charge is 2.32. The van der Waals surface area contributed by atoms with Gasteiger partial charge < -0.3 is 9.30 Å². The molecule has 4 nitrogen and oxygen atoms in total. The van der Waals surface area contributed by atoms with Gasteiger partial charge in [-0.3, -0.25) is 4.79 Å². The summed E-state index contributed by atoms with van der Waals surface area (Å²) >= 11 is 0. The van der Waals surface area contributed by atoms with Crippen LogP contribution < -0.4 is 0 Å². The molecule has 0 saturated heterocycles. The largest absolute Gasteiger partial charge is 0.370 e. The van der Waals surface area contributed by atoms with Crippen LogP contribution in [0.25, 0.3) is 0 Å². The molecule has 1 unspecified atom stereocenters. The van der Waals surface area contributed by atoms with Gasteiger partial charge in [-0.05, 0) is 25.7 Å². The molecule has 1 aromatic heterocycles. The summed E-state index contributed by atoms with van der Waals surface area (Å²) < 4.78 is 7.49. The number of ketones is 1. The second-order valence-corrected chi connectivity index (χ2v) is 5.00. The van der Waals surface area contributed by atoms with Gasteiger partial charge in [0.2, 0.25) is 5.78 Å². The van der Waals surface area contributed by atoms with Gasteiger partial charge in [0, 0.05) is 26.0 Å². The first-order chi connectivity index (χ1) is 8.74. The lowest BCUT2D eigenvalue weighted by atomic mass is 9.83. The molecule has 2 rings (SSSR count). The molecule has 4 heteroatoms. The van der Waals surface area contributed by atoms with Gasteiger partial charge in [-0.15, -0.1) is 0 Å². The molecule has 0 aliphatic heterocycles. The van der Waals surface area contributed by atoms with Gasteiger partial charge in [-0.25, -0.2) is 4.98 Å². The highest BCUT2D eigenvalue weighted by molar-refractivity contribution is 5.96. The minimum atomic E-state index is -0.309. The Balaban J connectivity index is 2.13. The zero-order valence-corrected chi connectivity index (χ0v) is 11.3. The van der Waals surface area contributed by atoms with Crippen molar-refractivity contribution in [2.45, 2.75) is 45.1 Å². The van der Waals surface area contributed by atoms with Crippen molar-refractivity contribution in [3.63, 3.8) is 0 Å². The maximum absolute atomic E-state index is 12.5. The van der Waals surface area contributed by atoms with Crippen LogP contribution in [0.15, 0.2) is 12.4 Å². The van der Waals surface area contributed by atoms with Crippen molar-refractivity contribution >= 4 is 5.78 Å². The van der Waals surface area contributed by atoms with Crippen molar-refractivity contribution in [2.75, 3.05) is 6.61 Å². The van der Waals surface area contributed by atoms with Crippen LogP contribution >= 0.6 is 0 Å². The van der Waals surface area contributed by atoms with Gasteiger partial charge in [0.1, 0.15) is 6.10 Å². The number of carbonyl (C=O) groups is 1. The first-order valence-electron chi connectivity index (χ1n) is 6.87. The second kappa shape index (κ2) is 6.14. The highest BCUT2D eigenvalue weighted by atomic mass is 16.5. The average molecular weight is 250 g/mol. The number of Topliss-reactive ketones (excluding diaryl/α,β-unsaturated/α-hetero) is 1. The number of nitrogens with zero attached hydrogens (tertiary/aromatic N) is 2. The van der Waals surface area contributed by atoms with Gasteiger partial charge in [-0.1, -0.05) is 19.3 Å². The van der Waals surface area contributed by atoms with Crippen LogP contribution in [0, 0.1) is 5.92 Å². The number of hydrogen-bond acceptors (Lipinski definition) is 3. The third-order valence-corrected chi connectivity index (χ3v) is 3.72. The van der Waals surface area contributed by atoms with Crippen LogP contribution in [-0.4, -0.2) is 28.0 Å². The average Bonchev–Trinajstić information content (AvgIpc) is 2.82. The van der Waals surface area contributed by atoms with Crippen molar-refractivity contribution in [1.29, 1.82) is 0 Å². The second-order valence-electron chi connectivity index (χ2n) is 5.00. The fraction of sp³-hybridized carbons (Fsp3) is 0.714. The monoisotopic (exact) mass is 250 g/mol. The molecule has 0 aromatic carbocycles. The molecule has 0 radical (unpaired) electrons. The Morgan fingerprint density at radius 2 is 2.22 bits per heavy atom. The van der Waals surface area contributed by atoms with Crippen molar-refractivity contribution in [3.8, 4) is 0 Å². The van der Waals surface area contributed by atoms with E-state index in [0.717, 1.165) is 12.8 Å². The summed E-state index contributed by atoms with van der Waals surface area (Å²) in [6, 6.07) is 0. The summed E-state index contributed by atoms with van der Waals surface area (Å²) in [6.07, 6.45) is 9.06. The molecule has 0 spiro atoms. The fourth-order valence-corrected chi connectivity index (χ4v) is 2.77. The minimum Gasteiger partial charge on any atom is -0.370 e. The Morgan fingerprint density at radius 1 is 1.50 bits per heavy atom. The van der Waals surface area contributed by atoms with E-state index in [9.17, 15) is 4.79 Å². The first-order valence-corrected chi connectivity index (χ1v) is 6.87. The van der Waals surface area contributed by atoms with Crippen LogP contribution in [0.5, 0.6) is 0 Å². The first kappa shape index (κ1) is 13.3. The molecule has 100 valence electrons. The Bertz CT molecular complexity index is 394. The van der Waals surface area contributed by atoms with E-state index in [4.69, 9.17) is 4.74 Å². The Kier molecular flexibility index (Phi) is 4.53. The normalized spacial score (nSPS) is 18.8. The van der Waals surface area contributed by atoms with Crippen LogP contribution in [0.1, 0.15) is 49.6 Å². The Labute approximate surface area is 108 Å². The number of imidazole rings is 1. The molecule has 1 aliphatic rings. The zero-order valence-electron chi connectivity index (χ0n) is 11.3. The van der Waals surface area contributed by atoms with Crippen LogP contribution in [0.2, 0.25) is 0 Å². The van der Waals surface area contributed by atoms with Gasteiger partial charge in [0.05, 0.1) is 0 Å². The molecule has 1 atom stereocenters. The molecule has 1 saturated carbocycles. The quantitative estimate of drug-likeness (QED) is 0.754. The predicted octanol–water partition coefficient (Wildman–Crippen LogP) is 2.59. The van der Waals surface area contributed by atoms with E-state index >= 15 is 0 Å². The standard InChI is InChI=1S/C14H22N2O2/c1-3-18-13(11-7-5-4-6-8-11)12(17)14-15-9-10-16(14)2/h9-11,13H,3-8H2,1-2H3. The maximum atomic E-state index is 12.5. The molecule has 0 bridgehead atoms. The van der Waals surface area contributed by atoms with E-state index in [1.807, 2.05) is 14.0 Å². The van der Waals surface area contributed by atoms with Gasteiger partial charge in [-0.2, -0.15) is 0 Å². The molecule has 0 amide bonds. The van der Waals surface area contributed by atoms with Crippen molar-refractivity contribution < 1.29 is 9.53 Å². The van der Waals surface area contributed by atoms with E-state index in [-0.39, 0.29) is 11.9 Å². The van der Waals surface area contributed by atoms with Gasteiger partial charge in [0.25, 0.3) is 0 Å². The number of ether oxygens (including phenoxy) is 1. The molecular formula is C14H22N2O2. The third-order valence-electron chi connectivity index (χ3n) is 3.72. The highest BCUT2D eigenvalue weighted by Crippen LogP contribution is 2.29. The van der Waals surface area contributed by atoms with Gasteiger partial charge in [0.15, 0.2) is 5.82 Å². The lowest BCUT2D eigenvalue weighted by molar-refractivity contribution is 0.0117. The summed E-state index contributed by atoms with van der Waals surface area (Å²) in [5.41, 5.74) is 0. The van der Waals surface area contributed by atoms with E-state index in [1.165, 1.54) is 19.3 Å². The van der Waals surface area contributed by atoms with Crippen LogP contribution in [0.3, 0.4) is 0 Å². The molecule has 1 aliphatic carbocycles. The number of hydrogen-bond donors (Lipinski definition) is 0. The van der Waals surface area contributed by atoms with E-state index in [1.54, 1.807) is 17.0 Å². The predicted molar refractivity (Wildman–Crippen MR) is 69.5 cm³/mol. The lowest BCUT2D eigenvalue weighted by Crippen LogP contribution is -2.35. The topological polar surface area (TPSA) is 44.1 Å². The summed E-state index contributed by atoms with van der Waals surface area (Å²) in [6.45, 7) is 2.53. The lowest BCUT2D eigenvalue weighted by Gasteiger charge is -2.28.